The molecule has 0 aliphatic heterocycles. The summed E-state index contributed by atoms with van der Waals surface area (Å²) in [7, 11) is 0. The van der Waals surface area contributed by atoms with Crippen LogP contribution in [0.4, 0.5) is 5.13 Å². The molecule has 5 nitrogen and oxygen atoms in total. The van der Waals surface area contributed by atoms with Crippen molar-refractivity contribution >= 4 is 28.2 Å². The number of benzene rings is 1. The van der Waals surface area contributed by atoms with Gasteiger partial charge in [0.2, 0.25) is 5.13 Å². The summed E-state index contributed by atoms with van der Waals surface area (Å²) in [5, 5.41) is 12.3. The largest absolute Gasteiger partial charge is 0.360 e. The molecule has 0 saturated carbocycles. The van der Waals surface area contributed by atoms with Gasteiger partial charge in [0, 0.05) is 25.5 Å². The lowest BCUT2D eigenvalue weighted by atomic mass is 10.2. The lowest BCUT2D eigenvalue weighted by Gasteiger charge is -2.07. The second-order valence-corrected chi connectivity index (χ2v) is 6.85. The van der Waals surface area contributed by atoms with E-state index in [1.165, 1.54) is 5.56 Å². The third-order valence-electron chi connectivity index (χ3n) is 3.06. The fourth-order valence-electron chi connectivity index (χ4n) is 2.02. The standard InChI is InChI=1S/C15H17N5S2/c1-2-16-14-18-19-15(22-14)21-11-13-17-8-9-20(13)10-12-6-4-3-5-7-12/h3-9H,2,10-11H2,1H3,(H,16,18). The van der Waals surface area contributed by atoms with E-state index in [0.717, 1.165) is 34.1 Å². The van der Waals surface area contributed by atoms with E-state index in [2.05, 4.69) is 56.3 Å². The van der Waals surface area contributed by atoms with E-state index in [1.54, 1.807) is 23.1 Å². The van der Waals surface area contributed by atoms with Crippen LogP contribution < -0.4 is 5.32 Å². The van der Waals surface area contributed by atoms with E-state index in [9.17, 15) is 0 Å². The average Bonchev–Trinajstić information content (AvgIpc) is 3.16. The molecular formula is C15H17N5S2. The molecule has 0 fully saturated rings. The third kappa shape index (κ3) is 3.86. The van der Waals surface area contributed by atoms with E-state index in [1.807, 2.05) is 18.5 Å². The summed E-state index contributed by atoms with van der Waals surface area (Å²) >= 11 is 3.25. The molecule has 22 heavy (non-hydrogen) atoms. The Hall–Kier alpha value is -1.86. The molecule has 114 valence electrons. The molecule has 0 aliphatic rings. The topological polar surface area (TPSA) is 55.6 Å². The average molecular weight is 331 g/mol. The number of nitrogens with one attached hydrogen (secondary N) is 1. The molecule has 0 aliphatic carbocycles. The van der Waals surface area contributed by atoms with Crippen molar-refractivity contribution in [3.63, 3.8) is 0 Å². The van der Waals surface area contributed by atoms with Gasteiger partial charge >= 0.3 is 0 Å². The maximum absolute atomic E-state index is 4.45. The molecular weight excluding hydrogens is 314 g/mol. The Bertz CT molecular complexity index is 708. The molecule has 0 atom stereocenters. The predicted molar refractivity (Wildman–Crippen MR) is 91.4 cm³/mol. The minimum Gasteiger partial charge on any atom is -0.360 e. The van der Waals surface area contributed by atoms with E-state index < -0.39 is 0 Å². The van der Waals surface area contributed by atoms with Crippen LogP contribution in [0.15, 0.2) is 47.1 Å². The smallest absolute Gasteiger partial charge is 0.206 e. The molecule has 1 aromatic carbocycles. The van der Waals surface area contributed by atoms with Crippen molar-refractivity contribution in [1.29, 1.82) is 0 Å². The summed E-state index contributed by atoms with van der Waals surface area (Å²) in [4.78, 5) is 4.45. The van der Waals surface area contributed by atoms with Gasteiger partial charge in [-0.1, -0.05) is 53.4 Å². The highest BCUT2D eigenvalue weighted by atomic mass is 32.2. The molecule has 3 aromatic rings. The fourth-order valence-corrected chi connectivity index (χ4v) is 3.81. The number of aromatic nitrogens is 4. The second-order valence-electron chi connectivity index (χ2n) is 4.65. The highest BCUT2D eigenvalue weighted by Gasteiger charge is 2.08. The molecule has 0 unspecified atom stereocenters. The van der Waals surface area contributed by atoms with Crippen molar-refractivity contribution in [2.45, 2.75) is 23.6 Å². The molecule has 0 bridgehead atoms. The van der Waals surface area contributed by atoms with Crippen molar-refractivity contribution < 1.29 is 0 Å². The molecule has 2 aromatic heterocycles. The minimum absolute atomic E-state index is 0.792. The van der Waals surface area contributed by atoms with Gasteiger partial charge in [-0.25, -0.2) is 4.98 Å². The Kier molecular flexibility index (Phi) is 5.07. The molecule has 0 radical (unpaired) electrons. The summed E-state index contributed by atoms with van der Waals surface area (Å²) in [6.45, 7) is 3.75. The molecule has 0 spiro atoms. The van der Waals surface area contributed by atoms with E-state index in [4.69, 9.17) is 0 Å². The summed E-state index contributed by atoms with van der Waals surface area (Å²) in [5.41, 5.74) is 1.28. The molecule has 2 heterocycles. The van der Waals surface area contributed by atoms with E-state index in [-0.39, 0.29) is 0 Å². The second kappa shape index (κ2) is 7.42. The number of imidazole rings is 1. The summed E-state index contributed by atoms with van der Waals surface area (Å²) < 4.78 is 3.14. The van der Waals surface area contributed by atoms with Crippen LogP contribution in [0.2, 0.25) is 0 Å². The maximum Gasteiger partial charge on any atom is 0.206 e. The molecule has 3 rings (SSSR count). The van der Waals surface area contributed by atoms with Gasteiger partial charge in [-0.3, -0.25) is 0 Å². The highest BCUT2D eigenvalue weighted by Crippen LogP contribution is 2.27. The Morgan fingerprint density at radius 3 is 2.91 bits per heavy atom. The van der Waals surface area contributed by atoms with Crippen LogP contribution in [0.5, 0.6) is 0 Å². The predicted octanol–water partition coefficient (Wildman–Crippen LogP) is 3.51. The monoisotopic (exact) mass is 331 g/mol. The van der Waals surface area contributed by atoms with Crippen LogP contribution in [0, 0.1) is 0 Å². The van der Waals surface area contributed by atoms with Crippen LogP contribution >= 0.6 is 23.1 Å². The first-order valence-electron chi connectivity index (χ1n) is 7.09. The number of anilines is 1. The van der Waals surface area contributed by atoms with Gasteiger partial charge in [0.15, 0.2) is 4.34 Å². The van der Waals surface area contributed by atoms with Crippen molar-refractivity contribution in [2.24, 2.45) is 0 Å². The number of thioether (sulfide) groups is 1. The SMILES string of the molecule is CCNc1nnc(SCc2nccn2Cc2ccccc2)s1. The van der Waals surface area contributed by atoms with Gasteiger partial charge in [0.25, 0.3) is 0 Å². The van der Waals surface area contributed by atoms with Crippen LogP contribution in [0.1, 0.15) is 18.3 Å². The summed E-state index contributed by atoms with van der Waals surface area (Å²) in [6.07, 6.45) is 3.87. The van der Waals surface area contributed by atoms with Crippen molar-refractivity contribution in [2.75, 3.05) is 11.9 Å². The Balaban J connectivity index is 1.62. The third-order valence-corrected chi connectivity index (χ3v) is 5.07. The highest BCUT2D eigenvalue weighted by molar-refractivity contribution is 8.00. The van der Waals surface area contributed by atoms with Crippen LogP contribution in [0.25, 0.3) is 0 Å². The van der Waals surface area contributed by atoms with Crippen LogP contribution in [0.3, 0.4) is 0 Å². The normalized spacial score (nSPS) is 10.8. The lowest BCUT2D eigenvalue weighted by Crippen LogP contribution is -2.03. The first kappa shape index (κ1) is 15.1. The quantitative estimate of drug-likeness (QED) is 0.672. The molecule has 0 amide bonds. The zero-order valence-corrected chi connectivity index (χ0v) is 13.9. The van der Waals surface area contributed by atoms with Gasteiger partial charge in [-0.15, -0.1) is 10.2 Å². The Morgan fingerprint density at radius 1 is 1.23 bits per heavy atom. The van der Waals surface area contributed by atoms with Gasteiger partial charge in [-0.05, 0) is 12.5 Å². The maximum atomic E-state index is 4.45. The Morgan fingerprint density at radius 2 is 2.09 bits per heavy atom. The Labute approximate surface area is 137 Å². The first-order chi connectivity index (χ1) is 10.8. The van der Waals surface area contributed by atoms with Crippen molar-refractivity contribution in [3.05, 3.63) is 54.1 Å². The molecule has 7 heteroatoms. The van der Waals surface area contributed by atoms with Gasteiger partial charge in [0.05, 0.1) is 5.75 Å². The first-order valence-corrected chi connectivity index (χ1v) is 8.89. The van der Waals surface area contributed by atoms with E-state index >= 15 is 0 Å². The number of hydrogen-bond donors (Lipinski definition) is 1. The molecule has 1 N–H and O–H groups in total. The summed E-state index contributed by atoms with van der Waals surface area (Å²) in [6, 6.07) is 10.4. The number of nitrogens with zero attached hydrogens (tertiary/aromatic N) is 4. The zero-order valence-electron chi connectivity index (χ0n) is 12.3. The van der Waals surface area contributed by atoms with Crippen LogP contribution in [-0.4, -0.2) is 26.3 Å². The minimum atomic E-state index is 0.792. The van der Waals surface area contributed by atoms with Gasteiger partial charge in [0.1, 0.15) is 5.82 Å². The van der Waals surface area contributed by atoms with E-state index in [0.29, 0.717) is 0 Å². The number of hydrogen-bond acceptors (Lipinski definition) is 6. The lowest BCUT2D eigenvalue weighted by molar-refractivity contribution is 0.756. The number of rotatable bonds is 7. The zero-order chi connectivity index (χ0) is 15.2. The molecule has 0 saturated heterocycles. The van der Waals surface area contributed by atoms with Gasteiger partial charge < -0.3 is 9.88 Å². The van der Waals surface area contributed by atoms with Crippen molar-refractivity contribution in [1.82, 2.24) is 19.7 Å². The fraction of sp³-hybridized carbons (Fsp3) is 0.267. The summed E-state index contributed by atoms with van der Waals surface area (Å²) in [5.74, 6) is 1.84. The van der Waals surface area contributed by atoms with Gasteiger partial charge in [-0.2, -0.15) is 0 Å². The van der Waals surface area contributed by atoms with Crippen molar-refractivity contribution in [3.8, 4) is 0 Å². The van der Waals surface area contributed by atoms with Crippen LogP contribution in [-0.2, 0) is 12.3 Å².